The van der Waals surface area contributed by atoms with Gasteiger partial charge in [0.15, 0.2) is 11.5 Å². The fourth-order valence-electron chi connectivity index (χ4n) is 1.84. The molecule has 3 rings (SSSR count). The van der Waals surface area contributed by atoms with Gasteiger partial charge in [-0.25, -0.2) is 0 Å². The number of aryl methyl sites for hydroxylation is 1. The zero-order valence-corrected chi connectivity index (χ0v) is 9.31. The van der Waals surface area contributed by atoms with E-state index in [-0.39, 0.29) is 0 Å². The van der Waals surface area contributed by atoms with Crippen LogP contribution in [0.2, 0.25) is 0 Å². The number of thioether (sulfide) groups is 1. The fraction of sp³-hybridized carbons (Fsp3) is 0.273. The Morgan fingerprint density at radius 3 is 2.67 bits per heavy atom. The standard InChI is InChI=1S/C11H10O3S/c1-6-11(15-2)7-3-9-10(13-5-12-9)4-8(7)14-6/h3-4H,5H2,1-2H3. The molecule has 2 aromatic rings. The molecule has 0 saturated heterocycles. The third kappa shape index (κ3) is 1.21. The van der Waals surface area contributed by atoms with Crippen molar-refractivity contribution in [3.63, 3.8) is 0 Å². The predicted molar refractivity (Wildman–Crippen MR) is 58.9 cm³/mol. The van der Waals surface area contributed by atoms with Crippen LogP contribution in [0, 0.1) is 6.92 Å². The molecule has 78 valence electrons. The summed E-state index contributed by atoms with van der Waals surface area (Å²) in [6.45, 7) is 2.27. The molecule has 0 saturated carbocycles. The quantitative estimate of drug-likeness (QED) is 0.693. The Balaban J connectivity index is 2.33. The van der Waals surface area contributed by atoms with E-state index in [0.717, 1.165) is 28.2 Å². The second-order valence-electron chi connectivity index (χ2n) is 3.39. The SMILES string of the molecule is CSc1c(C)oc2cc3c(cc12)OCO3. The van der Waals surface area contributed by atoms with Crippen LogP contribution in [0.4, 0.5) is 0 Å². The smallest absolute Gasteiger partial charge is 0.231 e. The lowest BCUT2D eigenvalue weighted by molar-refractivity contribution is 0.174. The van der Waals surface area contributed by atoms with E-state index < -0.39 is 0 Å². The number of hydrogen-bond acceptors (Lipinski definition) is 4. The molecule has 1 aliphatic heterocycles. The maximum atomic E-state index is 5.66. The van der Waals surface area contributed by atoms with E-state index in [0.29, 0.717) is 6.79 Å². The minimum Gasteiger partial charge on any atom is -0.460 e. The summed E-state index contributed by atoms with van der Waals surface area (Å²) >= 11 is 1.69. The molecule has 0 amide bonds. The minimum atomic E-state index is 0.301. The highest BCUT2D eigenvalue weighted by molar-refractivity contribution is 7.98. The first-order chi connectivity index (χ1) is 7.29. The second-order valence-corrected chi connectivity index (χ2v) is 4.21. The molecule has 0 bridgehead atoms. The van der Waals surface area contributed by atoms with Gasteiger partial charge >= 0.3 is 0 Å². The van der Waals surface area contributed by atoms with Gasteiger partial charge < -0.3 is 13.9 Å². The van der Waals surface area contributed by atoms with Crippen LogP contribution in [-0.2, 0) is 0 Å². The third-order valence-electron chi connectivity index (χ3n) is 2.51. The van der Waals surface area contributed by atoms with Gasteiger partial charge in [-0.3, -0.25) is 0 Å². The molecular weight excluding hydrogens is 212 g/mol. The van der Waals surface area contributed by atoms with Crippen molar-refractivity contribution in [1.82, 2.24) is 0 Å². The van der Waals surface area contributed by atoms with Crippen LogP contribution < -0.4 is 9.47 Å². The Morgan fingerprint density at radius 2 is 1.93 bits per heavy atom. The maximum Gasteiger partial charge on any atom is 0.231 e. The second kappa shape index (κ2) is 3.10. The van der Waals surface area contributed by atoms with Crippen molar-refractivity contribution in [1.29, 1.82) is 0 Å². The van der Waals surface area contributed by atoms with Gasteiger partial charge in [0.05, 0.1) is 4.90 Å². The summed E-state index contributed by atoms with van der Waals surface area (Å²) in [5.74, 6) is 2.52. The number of hydrogen-bond donors (Lipinski definition) is 0. The summed E-state index contributed by atoms with van der Waals surface area (Å²) in [6.07, 6.45) is 2.04. The highest BCUT2D eigenvalue weighted by atomic mass is 32.2. The Labute approximate surface area is 91.3 Å². The van der Waals surface area contributed by atoms with Crippen LogP contribution in [0.1, 0.15) is 5.76 Å². The largest absolute Gasteiger partial charge is 0.460 e. The number of ether oxygens (including phenoxy) is 2. The summed E-state index contributed by atoms with van der Waals surface area (Å²) in [7, 11) is 0. The van der Waals surface area contributed by atoms with Crippen LogP contribution in [0.25, 0.3) is 11.0 Å². The number of benzene rings is 1. The third-order valence-corrected chi connectivity index (χ3v) is 3.42. The summed E-state index contributed by atoms with van der Waals surface area (Å²) < 4.78 is 16.3. The monoisotopic (exact) mass is 222 g/mol. The lowest BCUT2D eigenvalue weighted by atomic mass is 10.2. The van der Waals surface area contributed by atoms with Gasteiger partial charge in [0, 0.05) is 11.5 Å². The van der Waals surface area contributed by atoms with Gasteiger partial charge in [-0.15, -0.1) is 11.8 Å². The molecule has 4 heteroatoms. The van der Waals surface area contributed by atoms with Gasteiger partial charge in [-0.1, -0.05) is 0 Å². The van der Waals surface area contributed by atoms with Crippen molar-refractivity contribution < 1.29 is 13.9 Å². The molecule has 1 aromatic carbocycles. The van der Waals surface area contributed by atoms with Gasteiger partial charge in [-0.2, -0.15) is 0 Å². The zero-order valence-electron chi connectivity index (χ0n) is 8.49. The molecule has 0 aliphatic carbocycles. The molecule has 0 spiro atoms. The number of fused-ring (bicyclic) bond motifs is 2. The highest BCUT2D eigenvalue weighted by Gasteiger charge is 2.18. The Morgan fingerprint density at radius 1 is 1.20 bits per heavy atom. The topological polar surface area (TPSA) is 31.6 Å². The van der Waals surface area contributed by atoms with Gasteiger partial charge in [0.1, 0.15) is 11.3 Å². The van der Waals surface area contributed by atoms with Crippen LogP contribution >= 0.6 is 11.8 Å². The predicted octanol–water partition coefficient (Wildman–Crippen LogP) is 3.19. The fourth-order valence-corrected chi connectivity index (χ4v) is 2.55. The van der Waals surface area contributed by atoms with E-state index in [1.54, 1.807) is 11.8 Å². The Kier molecular flexibility index (Phi) is 1.85. The molecule has 0 N–H and O–H groups in total. The van der Waals surface area contributed by atoms with Crippen molar-refractivity contribution in [3.05, 3.63) is 17.9 Å². The van der Waals surface area contributed by atoms with Crippen molar-refractivity contribution in [2.45, 2.75) is 11.8 Å². The van der Waals surface area contributed by atoms with Crippen molar-refractivity contribution >= 4 is 22.7 Å². The van der Waals surface area contributed by atoms with Gasteiger partial charge in [0.25, 0.3) is 0 Å². The number of furan rings is 1. The van der Waals surface area contributed by atoms with Crippen LogP contribution in [0.15, 0.2) is 21.4 Å². The molecule has 3 nitrogen and oxygen atoms in total. The van der Waals surface area contributed by atoms with E-state index in [2.05, 4.69) is 0 Å². The normalized spacial score (nSPS) is 13.7. The Bertz CT molecular complexity index is 530. The van der Waals surface area contributed by atoms with Crippen LogP contribution in [0.3, 0.4) is 0 Å². The molecule has 0 fully saturated rings. The first-order valence-electron chi connectivity index (χ1n) is 4.66. The van der Waals surface area contributed by atoms with E-state index in [9.17, 15) is 0 Å². The Hall–Kier alpha value is -1.29. The highest BCUT2D eigenvalue weighted by Crippen LogP contribution is 2.41. The molecule has 1 aromatic heterocycles. The van der Waals surface area contributed by atoms with Crippen molar-refractivity contribution in [2.24, 2.45) is 0 Å². The molecular formula is C11H10O3S. The van der Waals surface area contributed by atoms with E-state index >= 15 is 0 Å². The van der Waals surface area contributed by atoms with E-state index in [4.69, 9.17) is 13.9 Å². The summed E-state index contributed by atoms with van der Waals surface area (Å²) in [5.41, 5.74) is 0.862. The van der Waals surface area contributed by atoms with Gasteiger partial charge in [0.2, 0.25) is 6.79 Å². The summed E-state index contributed by atoms with van der Waals surface area (Å²) in [6, 6.07) is 3.88. The lowest BCUT2D eigenvalue weighted by Crippen LogP contribution is -1.92. The van der Waals surface area contributed by atoms with Crippen molar-refractivity contribution in [2.75, 3.05) is 13.0 Å². The zero-order chi connectivity index (χ0) is 10.4. The minimum absolute atomic E-state index is 0.301. The summed E-state index contributed by atoms with van der Waals surface area (Å²) in [4.78, 5) is 1.17. The lowest BCUT2D eigenvalue weighted by Gasteiger charge is -1.96. The van der Waals surface area contributed by atoms with Crippen LogP contribution in [-0.4, -0.2) is 13.0 Å². The molecule has 2 heterocycles. The molecule has 0 unspecified atom stereocenters. The first kappa shape index (κ1) is 8.97. The average molecular weight is 222 g/mol. The molecule has 0 atom stereocenters. The molecule has 0 radical (unpaired) electrons. The van der Waals surface area contributed by atoms with Crippen LogP contribution in [0.5, 0.6) is 11.5 Å². The van der Waals surface area contributed by atoms with Gasteiger partial charge in [-0.05, 0) is 19.2 Å². The maximum absolute atomic E-state index is 5.66. The number of rotatable bonds is 1. The molecule has 15 heavy (non-hydrogen) atoms. The molecule has 1 aliphatic rings. The van der Waals surface area contributed by atoms with E-state index in [1.807, 2.05) is 25.3 Å². The van der Waals surface area contributed by atoms with E-state index in [1.165, 1.54) is 4.90 Å². The summed E-state index contributed by atoms with van der Waals surface area (Å²) in [5, 5.41) is 1.10. The average Bonchev–Trinajstić information content (AvgIpc) is 2.76. The van der Waals surface area contributed by atoms with Crippen molar-refractivity contribution in [3.8, 4) is 11.5 Å². The first-order valence-corrected chi connectivity index (χ1v) is 5.89.